The van der Waals surface area contributed by atoms with E-state index >= 15 is 0 Å². The van der Waals surface area contributed by atoms with Crippen molar-refractivity contribution in [3.05, 3.63) is 0 Å². The molecule has 0 heterocycles. The molecule has 0 unspecified atom stereocenters. The molecule has 0 aromatic rings. The van der Waals surface area contributed by atoms with Crippen molar-refractivity contribution in [2.75, 3.05) is 5.50 Å². The molecule has 0 N–H and O–H groups in total. The van der Waals surface area contributed by atoms with Gasteiger partial charge in [-0.15, -0.1) is 11.6 Å². The van der Waals surface area contributed by atoms with Gasteiger partial charge in [-0.3, -0.25) is 0 Å². The lowest BCUT2D eigenvalue weighted by Crippen LogP contribution is -2.49. The zero-order chi connectivity index (χ0) is 8.36. The van der Waals surface area contributed by atoms with Crippen molar-refractivity contribution in [1.29, 1.82) is 0 Å². The predicted octanol–water partition coefficient (Wildman–Crippen LogP) is 1.10. The zero-order valence-electron chi connectivity index (χ0n) is 6.40. The van der Waals surface area contributed by atoms with E-state index in [2.05, 4.69) is 0 Å². The third-order valence-corrected chi connectivity index (χ3v) is 7.07. The molecule has 0 saturated heterocycles. The van der Waals surface area contributed by atoms with Crippen LogP contribution in [0.2, 0.25) is 6.55 Å². The van der Waals surface area contributed by atoms with E-state index in [0.29, 0.717) is 0 Å². The summed E-state index contributed by atoms with van der Waals surface area (Å²) in [6.07, 6.45) is 0. The summed E-state index contributed by atoms with van der Waals surface area (Å²) in [6, 6.07) is 0. The number of carbonyl (C=O) groups is 2. The van der Waals surface area contributed by atoms with Crippen molar-refractivity contribution < 1.29 is 9.59 Å². The second-order valence-electron chi connectivity index (χ2n) is 2.58. The first-order valence-electron chi connectivity index (χ1n) is 3.03. The quantitative estimate of drug-likeness (QED) is 0.479. The van der Waals surface area contributed by atoms with Crippen molar-refractivity contribution in [2.45, 2.75) is 20.4 Å². The van der Waals surface area contributed by atoms with Crippen LogP contribution in [0, 0.1) is 0 Å². The Morgan fingerprint density at radius 1 is 1.30 bits per heavy atom. The number of hydrogen-bond acceptors (Lipinski definition) is 2. The van der Waals surface area contributed by atoms with Crippen molar-refractivity contribution in [2.24, 2.45) is 0 Å². The highest BCUT2D eigenvalue weighted by atomic mass is 35.5. The number of alkyl halides is 1. The van der Waals surface area contributed by atoms with Crippen LogP contribution < -0.4 is 0 Å². The van der Waals surface area contributed by atoms with E-state index < -0.39 is 8.07 Å². The lowest BCUT2D eigenvalue weighted by molar-refractivity contribution is -0.114. The maximum atomic E-state index is 10.9. The first-order chi connectivity index (χ1) is 4.45. The molecule has 0 bridgehead atoms. The molecular weight excluding hydrogens is 168 g/mol. The fourth-order valence-corrected chi connectivity index (χ4v) is 2.44. The minimum Gasteiger partial charge on any atom is -0.305 e. The van der Waals surface area contributed by atoms with Crippen LogP contribution in [0.15, 0.2) is 0 Å². The van der Waals surface area contributed by atoms with E-state index in [0.717, 1.165) is 0 Å². The molecule has 0 fully saturated rings. The van der Waals surface area contributed by atoms with Gasteiger partial charge in [0.2, 0.25) is 8.07 Å². The van der Waals surface area contributed by atoms with Gasteiger partial charge in [0.15, 0.2) is 0 Å². The molecule has 0 radical (unpaired) electrons. The molecule has 58 valence electrons. The average molecular weight is 179 g/mol. The first-order valence-corrected chi connectivity index (χ1v) is 6.27. The van der Waals surface area contributed by atoms with Gasteiger partial charge < -0.3 is 9.59 Å². The van der Waals surface area contributed by atoms with Gasteiger partial charge in [-0.25, -0.2) is 0 Å². The fourth-order valence-electron chi connectivity index (χ4n) is 0.436. The second kappa shape index (κ2) is 3.30. The van der Waals surface area contributed by atoms with Gasteiger partial charge in [-0.2, -0.15) is 0 Å². The van der Waals surface area contributed by atoms with Gasteiger partial charge in [-0.1, -0.05) is 6.55 Å². The highest BCUT2D eigenvalue weighted by Crippen LogP contribution is 2.07. The molecule has 0 amide bonds. The van der Waals surface area contributed by atoms with E-state index in [1.165, 1.54) is 13.8 Å². The summed E-state index contributed by atoms with van der Waals surface area (Å²) >= 11 is 5.52. The highest BCUT2D eigenvalue weighted by molar-refractivity contribution is 7.26. The predicted molar refractivity (Wildman–Crippen MR) is 43.7 cm³/mol. The van der Waals surface area contributed by atoms with Crippen LogP contribution in [-0.4, -0.2) is 24.4 Å². The molecule has 0 atom stereocenters. The number of hydrogen-bond donors (Lipinski definition) is 0. The number of halogens is 1. The lowest BCUT2D eigenvalue weighted by Gasteiger charge is -2.15. The number of rotatable bonds is 3. The van der Waals surface area contributed by atoms with Crippen LogP contribution in [0.25, 0.3) is 0 Å². The van der Waals surface area contributed by atoms with Crippen molar-refractivity contribution in [1.82, 2.24) is 0 Å². The maximum Gasteiger partial charge on any atom is 0.218 e. The van der Waals surface area contributed by atoms with Gasteiger partial charge >= 0.3 is 0 Å². The van der Waals surface area contributed by atoms with Crippen LogP contribution in [-0.2, 0) is 9.59 Å². The maximum absolute atomic E-state index is 10.9. The summed E-state index contributed by atoms with van der Waals surface area (Å²) < 4.78 is 0. The van der Waals surface area contributed by atoms with E-state index in [-0.39, 0.29) is 16.3 Å². The molecule has 2 nitrogen and oxygen atoms in total. The lowest BCUT2D eigenvalue weighted by atomic mass is 10.9. The zero-order valence-corrected chi connectivity index (χ0v) is 8.16. The van der Waals surface area contributed by atoms with Gasteiger partial charge in [0, 0.05) is 5.50 Å². The Kier molecular flexibility index (Phi) is 3.25. The summed E-state index contributed by atoms with van der Waals surface area (Å²) in [5, 5.41) is -0.0648. The normalized spacial score (nSPS) is 11.2. The molecule has 0 spiro atoms. The molecule has 10 heavy (non-hydrogen) atoms. The van der Waals surface area contributed by atoms with Crippen LogP contribution in [0.5, 0.6) is 0 Å². The Bertz CT molecular complexity index is 153. The molecule has 0 aliphatic rings. The molecule has 4 heteroatoms. The van der Waals surface area contributed by atoms with Gasteiger partial charge in [-0.05, 0) is 13.8 Å². The number of carbonyl (C=O) groups excluding carboxylic acids is 2. The third-order valence-electron chi connectivity index (χ3n) is 1.82. The highest BCUT2D eigenvalue weighted by Gasteiger charge is 2.37. The standard InChI is InChI=1S/C6H11ClO2Si/c1-5(8)10(3,4-7)6(2)9/h4H2,1-3H3. The van der Waals surface area contributed by atoms with Gasteiger partial charge in [0.1, 0.15) is 10.8 Å². The summed E-state index contributed by atoms with van der Waals surface area (Å²) in [7, 11) is -2.39. The van der Waals surface area contributed by atoms with E-state index in [1.807, 2.05) is 0 Å². The Hall–Kier alpha value is -0.153. The van der Waals surface area contributed by atoms with Gasteiger partial charge in [0.25, 0.3) is 0 Å². The minimum atomic E-state index is -2.39. The van der Waals surface area contributed by atoms with Crippen LogP contribution in [0.3, 0.4) is 0 Å². The smallest absolute Gasteiger partial charge is 0.218 e. The average Bonchev–Trinajstić information content (AvgIpc) is 1.85. The largest absolute Gasteiger partial charge is 0.305 e. The molecule has 0 aromatic heterocycles. The molecule has 0 rings (SSSR count). The Labute approximate surface area is 66.6 Å². The van der Waals surface area contributed by atoms with Gasteiger partial charge in [0.05, 0.1) is 0 Å². The van der Waals surface area contributed by atoms with Crippen LogP contribution in [0.1, 0.15) is 13.8 Å². The molecule has 0 saturated carbocycles. The van der Waals surface area contributed by atoms with E-state index in [4.69, 9.17) is 11.6 Å². The SMILES string of the molecule is CC(=O)[Si](C)(CCl)C(C)=O. The van der Waals surface area contributed by atoms with Crippen molar-refractivity contribution >= 4 is 30.5 Å². The van der Waals surface area contributed by atoms with E-state index in [1.54, 1.807) is 6.55 Å². The second-order valence-corrected chi connectivity index (χ2v) is 7.72. The summed E-state index contributed by atoms with van der Waals surface area (Å²) in [5.74, 6) is 0. The molecule has 0 aromatic carbocycles. The van der Waals surface area contributed by atoms with Crippen molar-refractivity contribution in [3.63, 3.8) is 0 Å². The Balaban J connectivity index is 4.55. The Morgan fingerprint density at radius 2 is 1.60 bits per heavy atom. The van der Waals surface area contributed by atoms with Crippen LogP contribution in [0.4, 0.5) is 0 Å². The topological polar surface area (TPSA) is 34.1 Å². The van der Waals surface area contributed by atoms with Crippen molar-refractivity contribution in [3.8, 4) is 0 Å². The fraction of sp³-hybridized carbons (Fsp3) is 0.667. The van der Waals surface area contributed by atoms with Crippen LogP contribution >= 0.6 is 11.6 Å². The molecule has 0 aliphatic carbocycles. The summed E-state index contributed by atoms with van der Waals surface area (Å²) in [6.45, 7) is 4.58. The third kappa shape index (κ3) is 1.67. The summed E-state index contributed by atoms with van der Waals surface area (Å²) in [5.41, 5.74) is 0.206. The minimum absolute atomic E-state index is 0.0324. The van der Waals surface area contributed by atoms with E-state index in [9.17, 15) is 9.59 Å². The monoisotopic (exact) mass is 178 g/mol. The summed E-state index contributed by atoms with van der Waals surface area (Å²) in [4.78, 5) is 21.8. The Morgan fingerprint density at radius 3 is 1.60 bits per heavy atom. The first kappa shape index (κ1) is 9.85. The molecule has 0 aliphatic heterocycles. The molecular formula is C6H11ClO2Si.